The summed E-state index contributed by atoms with van der Waals surface area (Å²) >= 11 is 0. The lowest BCUT2D eigenvalue weighted by Crippen LogP contribution is -2.44. The van der Waals surface area contributed by atoms with Gasteiger partial charge in [0.05, 0.1) is 14.2 Å². The molecule has 0 spiro atoms. The second-order valence-corrected chi connectivity index (χ2v) is 5.87. The third-order valence-electron chi connectivity index (χ3n) is 2.35. The van der Waals surface area contributed by atoms with Gasteiger partial charge in [-0.05, 0) is 13.3 Å². The van der Waals surface area contributed by atoms with E-state index in [4.69, 9.17) is 0 Å². The van der Waals surface area contributed by atoms with E-state index in [-0.39, 0.29) is 6.54 Å². The number of esters is 2. The maximum absolute atomic E-state index is 12.1. The molecule has 0 bridgehead atoms. The predicted octanol–water partition coefficient (Wildman–Crippen LogP) is -0.237. The predicted molar refractivity (Wildman–Crippen MR) is 64.3 cm³/mol. The molecule has 0 radical (unpaired) electrons. The Hall–Kier alpha value is -1.15. The van der Waals surface area contributed by atoms with E-state index in [0.717, 1.165) is 11.4 Å². The number of nitrogens with zero attached hydrogens (tertiary/aromatic N) is 1. The average Bonchev–Trinajstić information content (AvgIpc) is 2.35. The van der Waals surface area contributed by atoms with Crippen molar-refractivity contribution in [1.82, 2.24) is 4.31 Å². The SMILES string of the molecule is CCCN(CC(=O)OC)S(=O)(=O)C(C)C(=O)OC. The Kier molecular flexibility index (Phi) is 6.85. The summed E-state index contributed by atoms with van der Waals surface area (Å²) in [6, 6.07) is 0. The van der Waals surface area contributed by atoms with E-state index < -0.39 is 33.8 Å². The van der Waals surface area contributed by atoms with Crippen molar-refractivity contribution in [3.63, 3.8) is 0 Å². The molecule has 0 aromatic carbocycles. The fourth-order valence-corrected chi connectivity index (χ4v) is 2.77. The van der Waals surface area contributed by atoms with Crippen molar-refractivity contribution in [2.75, 3.05) is 27.3 Å². The molecular formula is C10H19NO6S. The number of hydrogen-bond acceptors (Lipinski definition) is 6. The van der Waals surface area contributed by atoms with Crippen molar-refractivity contribution in [1.29, 1.82) is 0 Å². The number of sulfonamides is 1. The maximum atomic E-state index is 12.1. The summed E-state index contributed by atoms with van der Waals surface area (Å²) in [5.74, 6) is -1.54. The molecule has 0 aliphatic rings. The highest BCUT2D eigenvalue weighted by Gasteiger charge is 2.35. The van der Waals surface area contributed by atoms with Crippen LogP contribution in [0.2, 0.25) is 0 Å². The quantitative estimate of drug-likeness (QED) is 0.598. The van der Waals surface area contributed by atoms with Gasteiger partial charge in [0.1, 0.15) is 6.54 Å². The number of carbonyl (C=O) groups excluding carboxylic acids is 2. The molecule has 0 aliphatic carbocycles. The largest absolute Gasteiger partial charge is 0.468 e. The van der Waals surface area contributed by atoms with Crippen LogP contribution in [0.5, 0.6) is 0 Å². The van der Waals surface area contributed by atoms with Crippen LogP contribution < -0.4 is 0 Å². The smallest absolute Gasteiger partial charge is 0.325 e. The van der Waals surface area contributed by atoms with Crippen LogP contribution in [0.15, 0.2) is 0 Å². The minimum Gasteiger partial charge on any atom is -0.468 e. The summed E-state index contributed by atoms with van der Waals surface area (Å²) in [5.41, 5.74) is 0. The van der Waals surface area contributed by atoms with Gasteiger partial charge < -0.3 is 9.47 Å². The summed E-state index contributed by atoms with van der Waals surface area (Å²) < 4.78 is 33.9. The number of hydrogen-bond donors (Lipinski definition) is 0. The Bertz CT molecular complexity index is 391. The third kappa shape index (κ3) is 4.26. The standard InChI is InChI=1S/C10H19NO6S/c1-5-6-11(7-9(12)16-3)18(14,15)8(2)10(13)17-4/h8H,5-7H2,1-4H3. The Morgan fingerprint density at radius 2 is 1.78 bits per heavy atom. The van der Waals surface area contributed by atoms with Crippen molar-refractivity contribution in [2.24, 2.45) is 0 Å². The molecule has 0 aromatic heterocycles. The van der Waals surface area contributed by atoms with E-state index in [1.54, 1.807) is 6.92 Å². The Labute approximate surface area is 107 Å². The molecule has 1 unspecified atom stereocenters. The molecule has 106 valence electrons. The summed E-state index contributed by atoms with van der Waals surface area (Å²) in [4.78, 5) is 22.4. The van der Waals surface area contributed by atoms with Gasteiger partial charge in [0.25, 0.3) is 0 Å². The second-order valence-electron chi connectivity index (χ2n) is 3.62. The van der Waals surface area contributed by atoms with E-state index in [0.29, 0.717) is 6.42 Å². The maximum Gasteiger partial charge on any atom is 0.325 e. The highest BCUT2D eigenvalue weighted by molar-refractivity contribution is 7.90. The monoisotopic (exact) mass is 281 g/mol. The van der Waals surface area contributed by atoms with Crippen LogP contribution in [0.4, 0.5) is 0 Å². The third-order valence-corrected chi connectivity index (χ3v) is 4.46. The summed E-state index contributed by atoms with van der Waals surface area (Å²) in [5, 5.41) is -1.35. The molecule has 8 heteroatoms. The second kappa shape index (κ2) is 7.32. The lowest BCUT2D eigenvalue weighted by Gasteiger charge is -2.23. The highest BCUT2D eigenvalue weighted by Crippen LogP contribution is 2.11. The molecule has 0 saturated heterocycles. The van der Waals surface area contributed by atoms with E-state index in [1.165, 1.54) is 14.0 Å². The topological polar surface area (TPSA) is 90.0 Å². The Morgan fingerprint density at radius 1 is 1.22 bits per heavy atom. The van der Waals surface area contributed by atoms with E-state index in [1.807, 2.05) is 0 Å². The Morgan fingerprint density at radius 3 is 2.17 bits per heavy atom. The molecule has 0 aromatic rings. The molecule has 0 heterocycles. The van der Waals surface area contributed by atoms with Gasteiger partial charge in [-0.2, -0.15) is 4.31 Å². The van der Waals surface area contributed by atoms with Gasteiger partial charge in [-0.25, -0.2) is 8.42 Å². The number of methoxy groups -OCH3 is 2. The van der Waals surface area contributed by atoms with Crippen LogP contribution in [0.1, 0.15) is 20.3 Å². The highest BCUT2D eigenvalue weighted by atomic mass is 32.2. The van der Waals surface area contributed by atoms with E-state index in [2.05, 4.69) is 9.47 Å². The van der Waals surface area contributed by atoms with E-state index >= 15 is 0 Å². The van der Waals surface area contributed by atoms with Gasteiger partial charge in [-0.15, -0.1) is 0 Å². The van der Waals surface area contributed by atoms with Gasteiger partial charge >= 0.3 is 11.9 Å². The molecule has 0 fully saturated rings. The van der Waals surface area contributed by atoms with Crippen LogP contribution in [-0.4, -0.2) is 57.2 Å². The van der Waals surface area contributed by atoms with Crippen LogP contribution in [-0.2, 0) is 29.1 Å². The zero-order valence-electron chi connectivity index (χ0n) is 11.0. The Balaban J connectivity index is 5.08. The van der Waals surface area contributed by atoms with Gasteiger partial charge in [-0.1, -0.05) is 6.92 Å². The molecule has 0 rings (SSSR count). The molecule has 0 amide bonds. The molecule has 7 nitrogen and oxygen atoms in total. The van der Waals surface area contributed by atoms with Gasteiger partial charge in [0.15, 0.2) is 5.25 Å². The summed E-state index contributed by atoms with van der Waals surface area (Å²) in [6.45, 7) is 2.72. The first-order valence-corrected chi connectivity index (χ1v) is 6.95. The first-order valence-electron chi connectivity index (χ1n) is 5.44. The fourth-order valence-electron chi connectivity index (χ4n) is 1.27. The van der Waals surface area contributed by atoms with Gasteiger partial charge in [0, 0.05) is 6.54 Å². The van der Waals surface area contributed by atoms with Crippen molar-refractivity contribution < 1.29 is 27.5 Å². The molecule has 1 atom stereocenters. The van der Waals surface area contributed by atoms with Crippen LogP contribution in [0.3, 0.4) is 0 Å². The van der Waals surface area contributed by atoms with Crippen LogP contribution in [0, 0.1) is 0 Å². The normalized spacial score (nSPS) is 13.2. The zero-order valence-corrected chi connectivity index (χ0v) is 11.8. The van der Waals surface area contributed by atoms with Crippen LogP contribution >= 0.6 is 0 Å². The van der Waals surface area contributed by atoms with Crippen molar-refractivity contribution in [2.45, 2.75) is 25.5 Å². The van der Waals surface area contributed by atoms with Crippen molar-refractivity contribution in [3.05, 3.63) is 0 Å². The first-order chi connectivity index (χ1) is 8.31. The van der Waals surface area contributed by atoms with Gasteiger partial charge in [0.2, 0.25) is 10.0 Å². The lowest BCUT2D eigenvalue weighted by atomic mass is 10.5. The van der Waals surface area contributed by atoms with E-state index in [9.17, 15) is 18.0 Å². The lowest BCUT2D eigenvalue weighted by molar-refractivity contribution is -0.142. The summed E-state index contributed by atoms with van der Waals surface area (Å²) in [7, 11) is -1.64. The average molecular weight is 281 g/mol. The molecular weight excluding hydrogens is 262 g/mol. The van der Waals surface area contributed by atoms with Gasteiger partial charge in [-0.3, -0.25) is 9.59 Å². The molecule has 18 heavy (non-hydrogen) atoms. The zero-order chi connectivity index (χ0) is 14.3. The molecule has 0 N–H and O–H groups in total. The number of carbonyl (C=O) groups is 2. The molecule has 0 aliphatic heterocycles. The van der Waals surface area contributed by atoms with Crippen molar-refractivity contribution in [3.8, 4) is 0 Å². The first kappa shape index (κ1) is 16.9. The minimum absolute atomic E-state index is 0.138. The minimum atomic E-state index is -3.92. The molecule has 0 saturated carbocycles. The summed E-state index contributed by atoms with van der Waals surface area (Å²) in [6.07, 6.45) is 0.518. The van der Waals surface area contributed by atoms with Crippen molar-refractivity contribution >= 4 is 22.0 Å². The number of rotatable bonds is 7. The number of ether oxygens (including phenoxy) is 2. The fraction of sp³-hybridized carbons (Fsp3) is 0.800. The van der Waals surface area contributed by atoms with Crippen LogP contribution in [0.25, 0.3) is 0 Å².